The Kier molecular flexibility index (Phi) is 5.34. The largest absolute Gasteiger partial charge is 0.325 e. The number of aryl methyl sites for hydroxylation is 1. The topological polar surface area (TPSA) is 54.9 Å². The first-order chi connectivity index (χ1) is 12.0. The Labute approximate surface area is 152 Å². The van der Waals surface area contributed by atoms with Gasteiger partial charge in [-0.3, -0.25) is 4.79 Å². The van der Waals surface area contributed by atoms with Crippen LogP contribution in [-0.4, -0.2) is 21.6 Å². The second-order valence-corrected chi connectivity index (χ2v) is 7.17. The molecule has 0 unspecified atom stereocenters. The van der Waals surface area contributed by atoms with Crippen LogP contribution < -0.4 is 5.32 Å². The van der Waals surface area contributed by atoms with Crippen LogP contribution >= 0.6 is 11.8 Å². The van der Waals surface area contributed by atoms with Crippen LogP contribution in [0.3, 0.4) is 0 Å². The van der Waals surface area contributed by atoms with Gasteiger partial charge in [0.25, 0.3) is 0 Å². The van der Waals surface area contributed by atoms with Gasteiger partial charge in [-0.05, 0) is 24.6 Å². The molecular weight excluding hydrogens is 330 g/mol. The van der Waals surface area contributed by atoms with Crippen molar-refractivity contribution in [1.29, 1.82) is 0 Å². The van der Waals surface area contributed by atoms with Crippen LogP contribution in [0.15, 0.2) is 53.6 Å². The summed E-state index contributed by atoms with van der Waals surface area (Å²) in [7, 11) is 0. The molecule has 4 nitrogen and oxygen atoms in total. The van der Waals surface area contributed by atoms with Gasteiger partial charge < -0.3 is 5.32 Å². The third kappa shape index (κ3) is 4.17. The van der Waals surface area contributed by atoms with E-state index in [-0.39, 0.29) is 11.8 Å². The number of nitrogens with zero attached hydrogens (tertiary/aromatic N) is 2. The van der Waals surface area contributed by atoms with Crippen molar-refractivity contribution in [2.75, 3.05) is 11.1 Å². The summed E-state index contributed by atoms with van der Waals surface area (Å²) in [4.78, 5) is 21.6. The Bertz CT molecular complexity index is 908. The van der Waals surface area contributed by atoms with E-state index >= 15 is 0 Å². The van der Waals surface area contributed by atoms with Crippen molar-refractivity contribution >= 4 is 34.3 Å². The van der Waals surface area contributed by atoms with E-state index in [9.17, 15) is 4.79 Å². The van der Waals surface area contributed by atoms with Crippen LogP contribution in [0.25, 0.3) is 10.9 Å². The number of benzene rings is 2. The molecule has 0 aliphatic carbocycles. The zero-order valence-corrected chi connectivity index (χ0v) is 15.4. The fourth-order valence-electron chi connectivity index (χ4n) is 2.47. The van der Waals surface area contributed by atoms with Crippen LogP contribution in [0.1, 0.15) is 31.2 Å². The Morgan fingerprint density at radius 3 is 2.56 bits per heavy atom. The van der Waals surface area contributed by atoms with Crippen molar-refractivity contribution in [3.8, 4) is 0 Å². The van der Waals surface area contributed by atoms with Crippen LogP contribution in [0.4, 0.5) is 5.69 Å². The lowest BCUT2D eigenvalue weighted by Gasteiger charge is -2.11. The number of thioether (sulfide) groups is 1. The molecule has 2 aromatic carbocycles. The Morgan fingerprint density at radius 2 is 1.80 bits per heavy atom. The van der Waals surface area contributed by atoms with E-state index in [4.69, 9.17) is 0 Å². The van der Waals surface area contributed by atoms with E-state index in [1.807, 2.05) is 55.5 Å². The normalized spacial score (nSPS) is 11.0. The number of fused-ring (bicyclic) bond motifs is 1. The molecule has 1 heterocycles. The number of para-hydroxylation sites is 2. The SMILES string of the molecule is Cc1ccccc1NC(=O)CSc1nc(C(C)C)nc2ccccc12. The summed E-state index contributed by atoms with van der Waals surface area (Å²) < 4.78 is 0. The third-order valence-electron chi connectivity index (χ3n) is 3.86. The van der Waals surface area contributed by atoms with Crippen molar-refractivity contribution in [3.63, 3.8) is 0 Å². The van der Waals surface area contributed by atoms with E-state index in [0.29, 0.717) is 5.75 Å². The third-order valence-corrected chi connectivity index (χ3v) is 4.85. The van der Waals surface area contributed by atoms with Gasteiger partial charge in [-0.1, -0.05) is 62.0 Å². The molecule has 3 rings (SSSR count). The van der Waals surface area contributed by atoms with Crippen molar-refractivity contribution in [2.45, 2.75) is 31.7 Å². The number of carbonyl (C=O) groups is 1. The van der Waals surface area contributed by atoms with E-state index in [1.165, 1.54) is 11.8 Å². The summed E-state index contributed by atoms with van der Waals surface area (Å²) in [6.07, 6.45) is 0. The molecule has 1 amide bonds. The molecule has 0 fully saturated rings. The van der Waals surface area contributed by atoms with Crippen LogP contribution in [-0.2, 0) is 4.79 Å². The number of anilines is 1. The predicted octanol–water partition coefficient (Wildman–Crippen LogP) is 4.79. The first-order valence-electron chi connectivity index (χ1n) is 8.29. The average molecular weight is 351 g/mol. The van der Waals surface area contributed by atoms with E-state index in [1.54, 1.807) is 0 Å². The highest BCUT2D eigenvalue weighted by molar-refractivity contribution is 8.00. The van der Waals surface area contributed by atoms with Gasteiger partial charge in [0.1, 0.15) is 10.9 Å². The molecule has 0 atom stereocenters. The maximum atomic E-state index is 12.3. The lowest BCUT2D eigenvalue weighted by molar-refractivity contribution is -0.113. The number of rotatable bonds is 5. The minimum atomic E-state index is -0.0342. The van der Waals surface area contributed by atoms with Gasteiger partial charge in [-0.2, -0.15) is 0 Å². The fraction of sp³-hybridized carbons (Fsp3) is 0.250. The van der Waals surface area contributed by atoms with Gasteiger partial charge in [0.15, 0.2) is 0 Å². The molecule has 3 aromatic rings. The summed E-state index contributed by atoms with van der Waals surface area (Å²) >= 11 is 1.45. The van der Waals surface area contributed by atoms with Crippen LogP contribution in [0, 0.1) is 6.92 Å². The maximum Gasteiger partial charge on any atom is 0.234 e. The summed E-state index contributed by atoms with van der Waals surface area (Å²) in [5, 5.41) is 4.81. The van der Waals surface area contributed by atoms with E-state index in [2.05, 4.69) is 29.1 Å². The monoisotopic (exact) mass is 351 g/mol. The first-order valence-corrected chi connectivity index (χ1v) is 9.28. The number of amides is 1. The van der Waals surface area contributed by atoms with E-state index < -0.39 is 0 Å². The fourth-order valence-corrected chi connectivity index (χ4v) is 3.29. The second-order valence-electron chi connectivity index (χ2n) is 6.21. The molecule has 0 bridgehead atoms. The van der Waals surface area contributed by atoms with Gasteiger partial charge in [0.2, 0.25) is 5.91 Å². The molecule has 128 valence electrons. The van der Waals surface area contributed by atoms with Crippen molar-refractivity contribution in [1.82, 2.24) is 9.97 Å². The Hall–Kier alpha value is -2.40. The van der Waals surface area contributed by atoms with Gasteiger partial charge in [-0.15, -0.1) is 0 Å². The van der Waals surface area contributed by atoms with Crippen molar-refractivity contribution < 1.29 is 4.79 Å². The van der Waals surface area contributed by atoms with Crippen LogP contribution in [0.5, 0.6) is 0 Å². The highest BCUT2D eigenvalue weighted by Gasteiger charge is 2.12. The number of nitrogens with one attached hydrogen (secondary N) is 1. The number of hydrogen-bond acceptors (Lipinski definition) is 4. The summed E-state index contributed by atoms with van der Waals surface area (Å²) in [6.45, 7) is 6.13. The molecule has 1 aromatic heterocycles. The Balaban J connectivity index is 1.78. The lowest BCUT2D eigenvalue weighted by Crippen LogP contribution is -2.15. The molecule has 0 aliphatic rings. The van der Waals surface area contributed by atoms with E-state index in [0.717, 1.165) is 33.0 Å². The average Bonchev–Trinajstić information content (AvgIpc) is 2.61. The minimum absolute atomic E-state index is 0.0342. The standard InChI is InChI=1S/C20H21N3OS/c1-13(2)19-22-17-11-7-5-9-15(17)20(23-19)25-12-18(24)21-16-10-6-4-8-14(16)3/h4-11,13H,12H2,1-3H3,(H,21,24). The molecule has 25 heavy (non-hydrogen) atoms. The second kappa shape index (κ2) is 7.66. The predicted molar refractivity (Wildman–Crippen MR) is 104 cm³/mol. The first kappa shape index (κ1) is 17.4. The van der Waals surface area contributed by atoms with Crippen molar-refractivity contribution in [2.24, 2.45) is 0 Å². The highest BCUT2D eigenvalue weighted by Crippen LogP contribution is 2.27. The molecule has 1 N–H and O–H groups in total. The quantitative estimate of drug-likeness (QED) is 0.530. The van der Waals surface area contributed by atoms with Crippen molar-refractivity contribution in [3.05, 3.63) is 59.9 Å². The molecular formula is C20H21N3OS. The lowest BCUT2D eigenvalue weighted by atomic mass is 10.2. The number of aromatic nitrogens is 2. The van der Waals surface area contributed by atoms with Gasteiger partial charge in [0.05, 0.1) is 11.3 Å². The summed E-state index contributed by atoms with van der Waals surface area (Å²) in [5.41, 5.74) is 2.82. The smallest absolute Gasteiger partial charge is 0.234 e. The Morgan fingerprint density at radius 1 is 1.08 bits per heavy atom. The molecule has 5 heteroatoms. The summed E-state index contributed by atoms with van der Waals surface area (Å²) in [5.74, 6) is 1.32. The highest BCUT2D eigenvalue weighted by atomic mass is 32.2. The van der Waals surface area contributed by atoms with Gasteiger partial charge in [-0.25, -0.2) is 9.97 Å². The molecule has 0 aliphatic heterocycles. The van der Waals surface area contributed by atoms with Gasteiger partial charge >= 0.3 is 0 Å². The zero-order chi connectivity index (χ0) is 17.8. The molecule has 0 radical (unpaired) electrons. The molecule has 0 spiro atoms. The van der Waals surface area contributed by atoms with Gasteiger partial charge in [0, 0.05) is 17.0 Å². The minimum Gasteiger partial charge on any atom is -0.325 e. The molecule has 0 saturated carbocycles. The molecule has 0 saturated heterocycles. The number of carbonyl (C=O) groups excluding carboxylic acids is 1. The van der Waals surface area contributed by atoms with Crippen LogP contribution in [0.2, 0.25) is 0 Å². The summed E-state index contributed by atoms with van der Waals surface area (Å²) in [6, 6.07) is 15.7. The zero-order valence-electron chi connectivity index (χ0n) is 14.6. The number of hydrogen-bond donors (Lipinski definition) is 1. The maximum absolute atomic E-state index is 12.3.